The van der Waals surface area contributed by atoms with Crippen LogP contribution in [0, 0.1) is 0 Å². The van der Waals surface area contributed by atoms with Crippen LogP contribution in [0.3, 0.4) is 0 Å². The fourth-order valence-electron chi connectivity index (χ4n) is 2.87. The molecule has 0 saturated carbocycles. The summed E-state index contributed by atoms with van der Waals surface area (Å²) in [5.74, 6) is 1.43. The minimum Gasteiger partial charge on any atom is -0.493 e. The highest BCUT2D eigenvalue weighted by atomic mass is 16.5. The van der Waals surface area contributed by atoms with Gasteiger partial charge in [0.15, 0.2) is 11.5 Å². The van der Waals surface area contributed by atoms with Crippen LogP contribution in [0.1, 0.15) is 5.56 Å². The Morgan fingerprint density at radius 2 is 1.62 bits per heavy atom. The molecule has 0 N–H and O–H groups in total. The molecular weight excluding hydrogens is 302 g/mol. The van der Waals surface area contributed by atoms with Crippen molar-refractivity contribution in [2.24, 2.45) is 5.10 Å². The Balaban J connectivity index is 1.63. The van der Waals surface area contributed by atoms with Crippen LogP contribution in [0.5, 0.6) is 11.5 Å². The zero-order chi connectivity index (χ0) is 16.8. The lowest BCUT2D eigenvalue weighted by molar-refractivity contribution is 0.272. The maximum Gasteiger partial charge on any atom is 0.169 e. The number of rotatable bonds is 5. The van der Waals surface area contributed by atoms with Gasteiger partial charge in [0.2, 0.25) is 0 Å². The van der Waals surface area contributed by atoms with Gasteiger partial charge < -0.3 is 14.4 Å². The van der Waals surface area contributed by atoms with E-state index in [9.17, 15) is 0 Å². The molecule has 5 nitrogen and oxygen atoms in total. The lowest BCUT2D eigenvalue weighted by Crippen LogP contribution is -2.44. The van der Waals surface area contributed by atoms with E-state index in [4.69, 9.17) is 9.47 Å². The van der Waals surface area contributed by atoms with Crippen molar-refractivity contribution in [3.63, 3.8) is 0 Å². The number of hydrazone groups is 1. The van der Waals surface area contributed by atoms with Crippen molar-refractivity contribution < 1.29 is 9.47 Å². The molecule has 1 heterocycles. The molecule has 1 saturated heterocycles. The Bertz CT molecular complexity index is 680. The molecule has 0 unspecified atom stereocenters. The Hall–Kier alpha value is -2.69. The normalized spacial score (nSPS) is 14.9. The summed E-state index contributed by atoms with van der Waals surface area (Å²) in [5, 5.41) is 6.71. The molecule has 0 aromatic heterocycles. The fraction of sp³-hybridized carbons (Fsp3) is 0.316. The van der Waals surface area contributed by atoms with Crippen LogP contribution in [0.15, 0.2) is 53.6 Å². The molecule has 126 valence electrons. The molecule has 0 atom stereocenters. The topological polar surface area (TPSA) is 37.3 Å². The molecule has 2 aromatic rings. The number of ether oxygens (including phenoxy) is 2. The lowest BCUT2D eigenvalue weighted by Gasteiger charge is -2.34. The third-order valence-corrected chi connectivity index (χ3v) is 4.17. The van der Waals surface area contributed by atoms with Crippen LogP contribution in [0.25, 0.3) is 0 Å². The quantitative estimate of drug-likeness (QED) is 0.792. The number of hydrogen-bond acceptors (Lipinski definition) is 5. The lowest BCUT2D eigenvalue weighted by atomic mass is 10.2. The van der Waals surface area contributed by atoms with E-state index < -0.39 is 0 Å². The van der Waals surface area contributed by atoms with Gasteiger partial charge in [-0.1, -0.05) is 24.3 Å². The second-order valence-corrected chi connectivity index (χ2v) is 5.60. The first-order valence-corrected chi connectivity index (χ1v) is 8.11. The summed E-state index contributed by atoms with van der Waals surface area (Å²) in [5.41, 5.74) is 2.19. The predicted octanol–water partition coefficient (Wildman–Crippen LogP) is 2.86. The van der Waals surface area contributed by atoms with Gasteiger partial charge in [0, 0.05) is 24.3 Å². The summed E-state index contributed by atoms with van der Waals surface area (Å²) >= 11 is 0. The molecule has 0 radical (unpaired) electrons. The van der Waals surface area contributed by atoms with Crippen LogP contribution in [0.4, 0.5) is 5.69 Å². The molecule has 0 bridgehead atoms. The maximum absolute atomic E-state index is 5.44. The molecule has 1 aliphatic rings. The summed E-state index contributed by atoms with van der Waals surface area (Å²) in [4.78, 5) is 2.39. The highest BCUT2D eigenvalue weighted by molar-refractivity contribution is 5.84. The fourth-order valence-corrected chi connectivity index (χ4v) is 2.87. The number of hydrogen-bond donors (Lipinski definition) is 0. The molecule has 1 aliphatic heterocycles. The number of para-hydroxylation sites is 2. The number of methoxy groups -OCH3 is 2. The Kier molecular flexibility index (Phi) is 5.21. The van der Waals surface area contributed by atoms with Gasteiger partial charge in [0.05, 0.1) is 33.5 Å². The van der Waals surface area contributed by atoms with Gasteiger partial charge in [-0.3, -0.25) is 5.01 Å². The number of anilines is 1. The second-order valence-electron chi connectivity index (χ2n) is 5.60. The summed E-state index contributed by atoms with van der Waals surface area (Å²) in [6.07, 6.45) is 1.85. The summed E-state index contributed by atoms with van der Waals surface area (Å²) in [6, 6.07) is 16.3. The van der Waals surface area contributed by atoms with Gasteiger partial charge in [-0.2, -0.15) is 5.10 Å². The smallest absolute Gasteiger partial charge is 0.169 e. The minimum absolute atomic E-state index is 0.715. The first-order chi connectivity index (χ1) is 11.8. The third-order valence-electron chi connectivity index (χ3n) is 4.17. The number of nitrogens with zero attached hydrogens (tertiary/aromatic N) is 3. The highest BCUT2D eigenvalue weighted by Gasteiger charge is 2.15. The summed E-state index contributed by atoms with van der Waals surface area (Å²) in [7, 11) is 3.29. The van der Waals surface area contributed by atoms with E-state index in [1.54, 1.807) is 14.2 Å². The number of piperazine rings is 1. The van der Waals surface area contributed by atoms with Crippen LogP contribution in [0.2, 0.25) is 0 Å². The van der Waals surface area contributed by atoms with Gasteiger partial charge in [-0.15, -0.1) is 0 Å². The molecule has 0 aliphatic carbocycles. The van der Waals surface area contributed by atoms with Gasteiger partial charge in [-0.25, -0.2) is 0 Å². The zero-order valence-corrected chi connectivity index (χ0v) is 14.2. The predicted molar refractivity (Wildman–Crippen MR) is 97.4 cm³/mol. The molecule has 3 rings (SSSR count). The van der Waals surface area contributed by atoms with Crippen LogP contribution >= 0.6 is 0 Å². The molecule has 1 fully saturated rings. The van der Waals surface area contributed by atoms with E-state index in [1.165, 1.54) is 5.69 Å². The van der Waals surface area contributed by atoms with Crippen LogP contribution in [-0.4, -0.2) is 51.6 Å². The first kappa shape index (κ1) is 16.2. The largest absolute Gasteiger partial charge is 0.493 e. The standard InChI is InChI=1S/C19H23N3O2/c1-23-18-10-6-7-16(19(18)24-2)15-20-22-13-11-21(12-14-22)17-8-4-3-5-9-17/h3-10,15H,11-14H2,1-2H3. The molecule has 0 spiro atoms. The van der Waals surface area contributed by atoms with Crippen molar-refractivity contribution in [3.8, 4) is 11.5 Å². The van der Waals surface area contributed by atoms with Gasteiger partial charge in [0.25, 0.3) is 0 Å². The minimum atomic E-state index is 0.715. The second kappa shape index (κ2) is 7.73. The van der Waals surface area contributed by atoms with Crippen molar-refractivity contribution in [3.05, 3.63) is 54.1 Å². The van der Waals surface area contributed by atoms with Crippen molar-refractivity contribution in [2.45, 2.75) is 0 Å². The molecule has 24 heavy (non-hydrogen) atoms. The average molecular weight is 325 g/mol. The van der Waals surface area contributed by atoms with E-state index in [2.05, 4.69) is 39.3 Å². The Morgan fingerprint density at radius 1 is 0.875 bits per heavy atom. The molecule has 5 heteroatoms. The van der Waals surface area contributed by atoms with Crippen molar-refractivity contribution in [1.29, 1.82) is 0 Å². The molecule has 2 aromatic carbocycles. The first-order valence-electron chi connectivity index (χ1n) is 8.11. The van der Waals surface area contributed by atoms with E-state index in [0.717, 1.165) is 37.5 Å². The molecule has 0 amide bonds. The van der Waals surface area contributed by atoms with Crippen LogP contribution < -0.4 is 14.4 Å². The monoisotopic (exact) mass is 325 g/mol. The van der Waals surface area contributed by atoms with Gasteiger partial charge in [-0.05, 0) is 24.3 Å². The van der Waals surface area contributed by atoms with Crippen molar-refractivity contribution >= 4 is 11.9 Å². The van der Waals surface area contributed by atoms with Crippen molar-refractivity contribution in [1.82, 2.24) is 5.01 Å². The highest BCUT2D eigenvalue weighted by Crippen LogP contribution is 2.29. The zero-order valence-electron chi connectivity index (χ0n) is 14.2. The average Bonchev–Trinajstić information content (AvgIpc) is 2.67. The number of benzene rings is 2. The van der Waals surface area contributed by atoms with E-state index in [-0.39, 0.29) is 0 Å². The third kappa shape index (κ3) is 3.62. The van der Waals surface area contributed by atoms with E-state index in [1.807, 2.05) is 30.5 Å². The van der Waals surface area contributed by atoms with Gasteiger partial charge >= 0.3 is 0 Å². The summed E-state index contributed by atoms with van der Waals surface area (Å²) < 4.78 is 10.8. The van der Waals surface area contributed by atoms with Crippen molar-refractivity contribution in [2.75, 3.05) is 45.3 Å². The van der Waals surface area contributed by atoms with Gasteiger partial charge in [0.1, 0.15) is 0 Å². The Labute approximate surface area is 143 Å². The van der Waals surface area contributed by atoms with Crippen LogP contribution in [-0.2, 0) is 0 Å². The van der Waals surface area contributed by atoms with E-state index >= 15 is 0 Å². The van der Waals surface area contributed by atoms with E-state index in [0.29, 0.717) is 5.75 Å². The SMILES string of the molecule is COc1cccc(C=NN2CCN(c3ccccc3)CC2)c1OC. The Morgan fingerprint density at radius 3 is 2.29 bits per heavy atom. The molecular formula is C19H23N3O2. The maximum atomic E-state index is 5.44. The summed E-state index contributed by atoms with van der Waals surface area (Å²) in [6.45, 7) is 3.74.